The van der Waals surface area contributed by atoms with Crippen molar-refractivity contribution in [3.8, 4) is 0 Å². The Morgan fingerprint density at radius 1 is 1.15 bits per heavy atom. The number of amides is 2. The summed E-state index contributed by atoms with van der Waals surface area (Å²) >= 11 is 0. The molecule has 26 heavy (non-hydrogen) atoms. The van der Waals surface area contributed by atoms with Gasteiger partial charge in [-0.05, 0) is 25.0 Å². The highest BCUT2D eigenvalue weighted by Crippen LogP contribution is 2.18. The second-order valence-corrected chi connectivity index (χ2v) is 7.27. The molecule has 1 heterocycles. The Kier molecular flexibility index (Phi) is 6.11. The van der Waals surface area contributed by atoms with Crippen LogP contribution >= 0.6 is 0 Å². The number of carbonyl (C=O) groups excluding carboxylic acids is 2. The lowest BCUT2D eigenvalue weighted by atomic mass is 10.0. The molecular weight excluding hydrogens is 332 g/mol. The number of nitrogens with one attached hydrogen (secondary N) is 3. The molecule has 0 spiro atoms. The van der Waals surface area contributed by atoms with Crippen molar-refractivity contribution in [3.05, 3.63) is 29.8 Å². The monoisotopic (exact) mass is 361 g/mol. The van der Waals surface area contributed by atoms with Gasteiger partial charge in [-0.25, -0.2) is 0 Å². The summed E-state index contributed by atoms with van der Waals surface area (Å²) in [5.41, 5.74) is 2.30. The van der Waals surface area contributed by atoms with Gasteiger partial charge in [0.05, 0.1) is 19.8 Å². The fraction of sp³-hybridized carbons (Fsp3) is 0.579. The average molecular weight is 361 g/mol. The number of hydrogen-bond donors (Lipinski definition) is 3. The Morgan fingerprint density at radius 3 is 2.38 bits per heavy atom. The average Bonchev–Trinajstić information content (AvgIpc) is 3.47. The number of morpholine rings is 1. The van der Waals surface area contributed by atoms with Crippen LogP contribution in [-0.4, -0.2) is 64.8 Å². The zero-order chi connectivity index (χ0) is 18.5. The van der Waals surface area contributed by atoms with Crippen molar-refractivity contribution in [1.82, 2.24) is 10.6 Å². The van der Waals surface area contributed by atoms with E-state index in [2.05, 4.69) is 39.8 Å². The normalized spacial score (nSPS) is 18.8. The molecule has 7 heteroatoms. The summed E-state index contributed by atoms with van der Waals surface area (Å²) in [5, 5.41) is 5.56. The van der Waals surface area contributed by atoms with E-state index < -0.39 is 11.8 Å². The van der Waals surface area contributed by atoms with Crippen LogP contribution in [0.2, 0.25) is 0 Å². The predicted molar refractivity (Wildman–Crippen MR) is 99.2 cm³/mol. The van der Waals surface area contributed by atoms with Gasteiger partial charge in [-0.3, -0.25) is 9.59 Å². The van der Waals surface area contributed by atoms with Gasteiger partial charge in [-0.2, -0.15) is 0 Å². The molecule has 1 aliphatic heterocycles. The maximum Gasteiger partial charge on any atom is 0.309 e. The summed E-state index contributed by atoms with van der Waals surface area (Å²) in [7, 11) is 4.02. The topological polar surface area (TPSA) is 75.1 Å². The van der Waals surface area contributed by atoms with Crippen LogP contribution in [0.3, 0.4) is 0 Å². The number of quaternary nitrogens is 1. The van der Waals surface area contributed by atoms with E-state index in [-0.39, 0.29) is 12.1 Å². The third-order valence-electron chi connectivity index (χ3n) is 5.03. The van der Waals surface area contributed by atoms with Crippen molar-refractivity contribution in [3.63, 3.8) is 0 Å². The van der Waals surface area contributed by atoms with E-state index in [1.165, 1.54) is 4.90 Å². The molecule has 2 amide bonds. The van der Waals surface area contributed by atoms with Gasteiger partial charge >= 0.3 is 11.8 Å². The highest BCUT2D eigenvalue weighted by Gasteiger charge is 2.29. The maximum absolute atomic E-state index is 12.1. The van der Waals surface area contributed by atoms with Crippen LogP contribution in [0.15, 0.2) is 24.3 Å². The molecule has 1 aromatic carbocycles. The standard InChI is InChI=1S/C19H28N4O3/c1-22(2)16-7-3-14(4-8-16)17(23-9-11-26-12-10-23)13-20-18(24)19(25)21-15-5-6-15/h3-4,7-8,15,17H,5-6,9-13H2,1-2H3,(H,20,24)(H,21,25)/p+1/t17-/m1/s1. The van der Waals surface area contributed by atoms with Crippen LogP contribution < -0.4 is 20.4 Å². The Balaban J connectivity index is 1.66. The molecule has 1 atom stereocenters. The van der Waals surface area contributed by atoms with E-state index in [4.69, 9.17) is 4.74 Å². The lowest BCUT2D eigenvalue weighted by molar-refractivity contribution is -0.937. The molecule has 3 N–H and O–H groups in total. The second-order valence-electron chi connectivity index (χ2n) is 7.27. The van der Waals surface area contributed by atoms with Gasteiger partial charge in [0.25, 0.3) is 0 Å². The van der Waals surface area contributed by atoms with Gasteiger partial charge in [0, 0.05) is 31.4 Å². The van der Waals surface area contributed by atoms with Gasteiger partial charge in [-0.15, -0.1) is 0 Å². The fourth-order valence-corrected chi connectivity index (χ4v) is 3.24. The van der Waals surface area contributed by atoms with E-state index in [1.54, 1.807) is 0 Å². The number of carbonyl (C=O) groups is 2. The van der Waals surface area contributed by atoms with Crippen LogP contribution in [-0.2, 0) is 14.3 Å². The molecule has 142 valence electrons. The molecule has 1 aliphatic carbocycles. The van der Waals surface area contributed by atoms with Crippen LogP contribution in [0.4, 0.5) is 5.69 Å². The number of rotatable bonds is 6. The van der Waals surface area contributed by atoms with E-state index >= 15 is 0 Å². The molecule has 3 rings (SSSR count). The van der Waals surface area contributed by atoms with E-state index in [0.29, 0.717) is 6.54 Å². The first-order valence-electron chi connectivity index (χ1n) is 9.33. The highest BCUT2D eigenvalue weighted by molar-refractivity contribution is 6.35. The van der Waals surface area contributed by atoms with Crippen molar-refractivity contribution in [2.75, 3.05) is 51.8 Å². The van der Waals surface area contributed by atoms with Gasteiger partial charge in [0.1, 0.15) is 19.1 Å². The molecule has 2 aliphatic rings. The summed E-state index contributed by atoms with van der Waals surface area (Å²) in [6.07, 6.45) is 1.94. The van der Waals surface area contributed by atoms with Gasteiger partial charge < -0.3 is 25.2 Å². The van der Waals surface area contributed by atoms with Crippen molar-refractivity contribution >= 4 is 17.5 Å². The fourth-order valence-electron chi connectivity index (χ4n) is 3.24. The molecule has 7 nitrogen and oxygen atoms in total. The first kappa shape index (κ1) is 18.7. The third kappa shape index (κ3) is 4.95. The van der Waals surface area contributed by atoms with Crippen LogP contribution in [0.25, 0.3) is 0 Å². The van der Waals surface area contributed by atoms with Crippen molar-refractivity contribution in [2.24, 2.45) is 0 Å². The Labute approximate surface area is 154 Å². The summed E-state index contributed by atoms with van der Waals surface area (Å²) in [6.45, 7) is 3.66. The summed E-state index contributed by atoms with van der Waals surface area (Å²) in [4.78, 5) is 27.4. The number of hydrogen-bond acceptors (Lipinski definition) is 4. The summed E-state index contributed by atoms with van der Waals surface area (Å²) in [6, 6.07) is 8.69. The Bertz CT molecular complexity index is 622. The van der Waals surface area contributed by atoms with Gasteiger partial charge in [-0.1, -0.05) is 12.1 Å². The van der Waals surface area contributed by atoms with Crippen molar-refractivity contribution < 1.29 is 19.2 Å². The van der Waals surface area contributed by atoms with Crippen molar-refractivity contribution in [2.45, 2.75) is 24.9 Å². The summed E-state index contributed by atoms with van der Waals surface area (Å²) < 4.78 is 5.47. The van der Waals surface area contributed by atoms with E-state index in [9.17, 15) is 9.59 Å². The summed E-state index contributed by atoms with van der Waals surface area (Å²) in [5.74, 6) is -1.06. The van der Waals surface area contributed by atoms with E-state index in [1.807, 2.05) is 14.1 Å². The highest BCUT2D eigenvalue weighted by atomic mass is 16.5. The molecular formula is C19H29N4O3+. The minimum Gasteiger partial charge on any atom is -0.378 e. The molecule has 0 unspecified atom stereocenters. The molecule has 0 aromatic heterocycles. The lowest BCUT2D eigenvalue weighted by Crippen LogP contribution is -3.15. The molecule has 0 radical (unpaired) electrons. The van der Waals surface area contributed by atoms with Crippen LogP contribution in [0, 0.1) is 0 Å². The first-order chi connectivity index (χ1) is 12.5. The van der Waals surface area contributed by atoms with Crippen molar-refractivity contribution in [1.29, 1.82) is 0 Å². The van der Waals surface area contributed by atoms with Gasteiger partial charge in [0.15, 0.2) is 0 Å². The SMILES string of the molecule is CN(C)c1ccc([C@@H](CNC(=O)C(=O)NC2CC2)[NH+]2CCOCC2)cc1. The van der Waals surface area contributed by atoms with Crippen LogP contribution in [0.5, 0.6) is 0 Å². The minimum atomic E-state index is -0.542. The minimum absolute atomic E-state index is 0.104. The zero-order valence-electron chi connectivity index (χ0n) is 15.6. The number of anilines is 1. The van der Waals surface area contributed by atoms with Crippen LogP contribution in [0.1, 0.15) is 24.4 Å². The Hall–Kier alpha value is -2.12. The molecule has 2 fully saturated rings. The lowest BCUT2D eigenvalue weighted by Gasteiger charge is -2.32. The maximum atomic E-state index is 12.1. The largest absolute Gasteiger partial charge is 0.378 e. The molecule has 1 saturated carbocycles. The van der Waals surface area contributed by atoms with E-state index in [0.717, 1.165) is 50.4 Å². The smallest absolute Gasteiger partial charge is 0.309 e. The second kappa shape index (κ2) is 8.51. The van der Waals surface area contributed by atoms with Gasteiger partial charge in [0.2, 0.25) is 0 Å². The number of ether oxygens (including phenoxy) is 1. The number of benzene rings is 1. The first-order valence-corrected chi connectivity index (χ1v) is 9.33. The molecule has 0 bridgehead atoms. The third-order valence-corrected chi connectivity index (χ3v) is 5.03. The predicted octanol–water partition coefficient (Wildman–Crippen LogP) is -0.896. The molecule has 1 aromatic rings. The Morgan fingerprint density at radius 2 is 1.81 bits per heavy atom. The number of nitrogens with zero attached hydrogens (tertiary/aromatic N) is 1. The zero-order valence-corrected chi connectivity index (χ0v) is 15.6. The quantitative estimate of drug-likeness (QED) is 0.575. The molecule has 1 saturated heterocycles.